The summed E-state index contributed by atoms with van der Waals surface area (Å²) in [6.45, 7) is 3.34. The Kier molecular flexibility index (Phi) is 6.16. The molecule has 1 unspecified atom stereocenters. The van der Waals surface area contributed by atoms with Crippen LogP contribution in [0.5, 0.6) is 5.75 Å². The third-order valence-electron chi connectivity index (χ3n) is 5.37. The zero-order valence-corrected chi connectivity index (χ0v) is 17.4. The molecule has 1 fully saturated rings. The minimum atomic E-state index is -4.41. The van der Waals surface area contributed by atoms with Gasteiger partial charge in [0.15, 0.2) is 0 Å². The number of hydrogen-bond donors (Lipinski definition) is 0. The van der Waals surface area contributed by atoms with Crippen LogP contribution in [-0.2, 0) is 6.18 Å². The van der Waals surface area contributed by atoms with Crippen molar-refractivity contribution in [2.75, 3.05) is 19.7 Å². The average Bonchev–Trinajstić information content (AvgIpc) is 3.29. The zero-order chi connectivity index (χ0) is 22.7. The molecule has 32 heavy (non-hydrogen) atoms. The van der Waals surface area contributed by atoms with Crippen LogP contribution in [0.1, 0.15) is 47.5 Å². The van der Waals surface area contributed by atoms with Crippen LogP contribution >= 0.6 is 0 Å². The van der Waals surface area contributed by atoms with Gasteiger partial charge < -0.3 is 14.1 Å². The molecule has 4 rings (SSSR count). The highest BCUT2D eigenvalue weighted by molar-refractivity contribution is 5.97. The molecule has 1 aliphatic rings. The summed E-state index contributed by atoms with van der Waals surface area (Å²) in [7, 11) is 0. The molecule has 9 heteroatoms. The predicted molar refractivity (Wildman–Crippen MR) is 110 cm³/mol. The van der Waals surface area contributed by atoms with Gasteiger partial charge in [-0.3, -0.25) is 4.79 Å². The number of ether oxygens (including phenoxy) is 1. The van der Waals surface area contributed by atoms with Gasteiger partial charge in [0.1, 0.15) is 5.75 Å². The maximum Gasteiger partial charge on any atom is 0.416 e. The minimum Gasteiger partial charge on any atom is -0.493 e. The average molecular weight is 445 g/mol. The quantitative estimate of drug-likeness (QED) is 0.542. The predicted octanol–water partition coefficient (Wildman–Crippen LogP) is 5.17. The van der Waals surface area contributed by atoms with Gasteiger partial charge in [0, 0.05) is 18.7 Å². The van der Waals surface area contributed by atoms with E-state index in [0.29, 0.717) is 42.5 Å². The number of alkyl halides is 3. The minimum absolute atomic E-state index is 0.124. The second-order valence-corrected chi connectivity index (χ2v) is 7.54. The number of carbonyl (C=O) groups excluding carboxylic acids is 1. The summed E-state index contributed by atoms with van der Waals surface area (Å²) in [5.74, 6) is 0.794. The number of rotatable bonds is 5. The van der Waals surface area contributed by atoms with Crippen molar-refractivity contribution in [3.05, 3.63) is 65.5 Å². The standard InChI is InChI=1S/C23H22F3N3O3/c1-2-31-19-8-4-3-7-18(19)22(30)29-13-5-6-16(14-29)21-28-27-20(32-21)15-9-11-17(12-10-15)23(24,25)26/h3-4,7-12,16H,2,5-6,13-14H2,1H3. The molecule has 0 spiro atoms. The Balaban J connectivity index is 1.49. The third-order valence-corrected chi connectivity index (χ3v) is 5.37. The number of para-hydroxylation sites is 1. The molecule has 0 aliphatic carbocycles. The topological polar surface area (TPSA) is 68.5 Å². The van der Waals surface area contributed by atoms with Crippen molar-refractivity contribution in [2.24, 2.45) is 0 Å². The Bertz CT molecular complexity index is 1080. The van der Waals surface area contributed by atoms with E-state index in [2.05, 4.69) is 10.2 Å². The zero-order valence-electron chi connectivity index (χ0n) is 17.4. The van der Waals surface area contributed by atoms with Crippen molar-refractivity contribution in [1.82, 2.24) is 15.1 Å². The summed E-state index contributed by atoms with van der Waals surface area (Å²) in [6.07, 6.45) is -2.87. The highest BCUT2D eigenvalue weighted by Crippen LogP contribution is 2.33. The Morgan fingerprint density at radius 3 is 2.62 bits per heavy atom. The molecule has 0 N–H and O–H groups in total. The van der Waals surface area contributed by atoms with Gasteiger partial charge in [-0.25, -0.2) is 0 Å². The van der Waals surface area contributed by atoms with Crippen LogP contribution in [0.2, 0.25) is 0 Å². The Morgan fingerprint density at radius 1 is 1.16 bits per heavy atom. The lowest BCUT2D eigenvalue weighted by atomic mass is 9.97. The molecule has 0 radical (unpaired) electrons. The number of halogens is 3. The Hall–Kier alpha value is -3.36. The molecule has 1 atom stereocenters. The van der Waals surface area contributed by atoms with Gasteiger partial charge in [-0.2, -0.15) is 13.2 Å². The lowest BCUT2D eigenvalue weighted by Gasteiger charge is -2.31. The number of amides is 1. The maximum absolute atomic E-state index is 13.1. The van der Waals surface area contributed by atoms with Crippen LogP contribution in [0.4, 0.5) is 13.2 Å². The van der Waals surface area contributed by atoms with Crippen molar-refractivity contribution in [3.63, 3.8) is 0 Å². The van der Waals surface area contributed by atoms with Gasteiger partial charge in [0.2, 0.25) is 11.8 Å². The Morgan fingerprint density at radius 2 is 1.91 bits per heavy atom. The monoisotopic (exact) mass is 445 g/mol. The molecule has 0 bridgehead atoms. The SMILES string of the molecule is CCOc1ccccc1C(=O)N1CCCC(c2nnc(-c3ccc(C(F)(F)F)cc3)o2)C1. The number of aromatic nitrogens is 2. The van der Waals surface area contributed by atoms with Crippen molar-refractivity contribution in [2.45, 2.75) is 31.9 Å². The van der Waals surface area contributed by atoms with Crippen LogP contribution < -0.4 is 4.74 Å². The fourth-order valence-electron chi connectivity index (χ4n) is 3.78. The van der Waals surface area contributed by atoms with Crippen molar-refractivity contribution in [3.8, 4) is 17.2 Å². The molecule has 168 valence electrons. The van der Waals surface area contributed by atoms with Gasteiger partial charge in [0.05, 0.1) is 23.7 Å². The fourth-order valence-corrected chi connectivity index (χ4v) is 3.78. The number of benzene rings is 2. The van der Waals surface area contributed by atoms with Crippen LogP contribution in [0.3, 0.4) is 0 Å². The number of nitrogens with zero attached hydrogens (tertiary/aromatic N) is 3. The van der Waals surface area contributed by atoms with Crippen molar-refractivity contribution in [1.29, 1.82) is 0 Å². The first-order valence-electron chi connectivity index (χ1n) is 10.4. The smallest absolute Gasteiger partial charge is 0.416 e. The summed E-state index contributed by atoms with van der Waals surface area (Å²) in [5.41, 5.74) is 0.173. The molecular formula is C23H22F3N3O3. The molecule has 2 aromatic carbocycles. The maximum atomic E-state index is 13.1. The summed E-state index contributed by atoms with van der Waals surface area (Å²) in [4.78, 5) is 14.8. The van der Waals surface area contributed by atoms with Gasteiger partial charge in [-0.1, -0.05) is 12.1 Å². The van der Waals surface area contributed by atoms with E-state index in [4.69, 9.17) is 9.15 Å². The first kappa shape index (κ1) is 21.9. The summed E-state index contributed by atoms with van der Waals surface area (Å²) in [5, 5.41) is 8.10. The lowest BCUT2D eigenvalue weighted by Crippen LogP contribution is -2.39. The van der Waals surface area contributed by atoms with Crippen LogP contribution in [0.15, 0.2) is 52.9 Å². The molecular weight excluding hydrogens is 423 g/mol. The normalized spacial score (nSPS) is 16.8. The molecule has 3 aromatic rings. The van der Waals surface area contributed by atoms with E-state index < -0.39 is 11.7 Å². The van der Waals surface area contributed by atoms with E-state index in [9.17, 15) is 18.0 Å². The van der Waals surface area contributed by atoms with Crippen molar-refractivity contribution >= 4 is 5.91 Å². The highest BCUT2D eigenvalue weighted by Gasteiger charge is 2.31. The second kappa shape index (κ2) is 9.02. The van der Waals surface area contributed by atoms with E-state index in [-0.39, 0.29) is 17.7 Å². The number of likely N-dealkylation sites (tertiary alicyclic amines) is 1. The van der Waals surface area contributed by atoms with E-state index in [0.717, 1.165) is 25.0 Å². The van der Waals surface area contributed by atoms with Crippen molar-refractivity contribution < 1.29 is 27.1 Å². The molecule has 6 nitrogen and oxygen atoms in total. The van der Waals surface area contributed by atoms with Gasteiger partial charge >= 0.3 is 6.18 Å². The van der Waals surface area contributed by atoms with Crippen LogP contribution in [0.25, 0.3) is 11.5 Å². The summed E-state index contributed by atoms with van der Waals surface area (Å²) in [6, 6.07) is 11.7. The molecule has 2 heterocycles. The van der Waals surface area contributed by atoms with Crippen LogP contribution in [-0.4, -0.2) is 40.7 Å². The number of piperidine rings is 1. The lowest BCUT2D eigenvalue weighted by molar-refractivity contribution is -0.137. The van der Waals surface area contributed by atoms with Gasteiger partial charge in [-0.15, -0.1) is 10.2 Å². The first-order chi connectivity index (χ1) is 15.4. The third kappa shape index (κ3) is 4.61. The van der Waals surface area contributed by atoms with E-state index >= 15 is 0 Å². The summed E-state index contributed by atoms with van der Waals surface area (Å²) >= 11 is 0. The van der Waals surface area contributed by atoms with Gasteiger partial charge in [-0.05, 0) is 56.2 Å². The van der Waals surface area contributed by atoms with E-state index in [1.54, 1.807) is 23.1 Å². The first-order valence-corrected chi connectivity index (χ1v) is 10.4. The summed E-state index contributed by atoms with van der Waals surface area (Å²) < 4.78 is 49.7. The molecule has 0 saturated carbocycles. The number of carbonyl (C=O) groups is 1. The highest BCUT2D eigenvalue weighted by atomic mass is 19.4. The Labute approximate surface area is 183 Å². The fraction of sp³-hybridized carbons (Fsp3) is 0.348. The van der Waals surface area contributed by atoms with E-state index in [1.807, 2.05) is 13.0 Å². The molecule has 1 aromatic heterocycles. The largest absolute Gasteiger partial charge is 0.493 e. The number of hydrogen-bond acceptors (Lipinski definition) is 5. The second-order valence-electron chi connectivity index (χ2n) is 7.54. The van der Waals surface area contributed by atoms with Gasteiger partial charge in [0.25, 0.3) is 5.91 Å². The van der Waals surface area contributed by atoms with E-state index in [1.165, 1.54) is 12.1 Å². The molecule has 1 amide bonds. The molecule has 1 saturated heterocycles. The molecule has 1 aliphatic heterocycles. The van der Waals surface area contributed by atoms with Crippen LogP contribution in [0, 0.1) is 0 Å².